The predicted molar refractivity (Wildman–Crippen MR) is 76.6 cm³/mol. The van der Waals surface area contributed by atoms with Gasteiger partial charge in [0.25, 0.3) is 0 Å². The number of allylic oxidation sites excluding steroid dienone is 1. The lowest BCUT2D eigenvalue weighted by Gasteiger charge is -2.32. The average Bonchev–Trinajstić information content (AvgIpc) is 2.80. The largest absolute Gasteiger partial charge is 0.504 e. The summed E-state index contributed by atoms with van der Waals surface area (Å²) in [6.45, 7) is 4.22. The minimum atomic E-state index is 0.231. The van der Waals surface area contributed by atoms with Gasteiger partial charge in [-0.05, 0) is 67.6 Å². The predicted octanol–water partition coefficient (Wildman–Crippen LogP) is 4.25. The third-order valence-electron chi connectivity index (χ3n) is 5.02. The van der Waals surface area contributed by atoms with Crippen LogP contribution < -0.4 is 4.74 Å². The maximum Gasteiger partial charge on any atom is 0.160 e. The molecule has 0 aliphatic heterocycles. The molecule has 0 bridgehead atoms. The second-order valence-electron chi connectivity index (χ2n) is 6.00. The number of hydrogen-bond acceptors (Lipinski definition) is 2. The molecule has 2 aliphatic carbocycles. The number of benzene rings is 1. The van der Waals surface area contributed by atoms with Crippen molar-refractivity contribution in [1.82, 2.24) is 0 Å². The molecule has 2 nitrogen and oxygen atoms in total. The molecule has 0 amide bonds. The number of phenolic OH excluding ortho intramolecular Hbond substituents is 1. The molecule has 2 heteroatoms. The number of methoxy groups -OCH3 is 1. The number of fused-ring (bicyclic) bond motifs is 1. The van der Waals surface area contributed by atoms with Crippen LogP contribution in [0.3, 0.4) is 0 Å². The molecule has 19 heavy (non-hydrogen) atoms. The fourth-order valence-corrected chi connectivity index (χ4v) is 3.93. The summed E-state index contributed by atoms with van der Waals surface area (Å²) >= 11 is 0. The lowest BCUT2D eigenvalue weighted by atomic mass is 9.73. The second-order valence-corrected chi connectivity index (χ2v) is 6.00. The highest BCUT2D eigenvalue weighted by atomic mass is 16.5. The van der Waals surface area contributed by atoms with Gasteiger partial charge in [-0.3, -0.25) is 0 Å². The number of hydrogen-bond donors (Lipinski definition) is 1. The van der Waals surface area contributed by atoms with Crippen LogP contribution in [0, 0.1) is 11.8 Å². The Morgan fingerprint density at radius 1 is 1.26 bits per heavy atom. The van der Waals surface area contributed by atoms with Crippen molar-refractivity contribution in [3.63, 3.8) is 0 Å². The monoisotopic (exact) mass is 258 g/mol. The van der Waals surface area contributed by atoms with Gasteiger partial charge in [-0.15, -0.1) is 0 Å². The minimum Gasteiger partial charge on any atom is -0.504 e. The summed E-state index contributed by atoms with van der Waals surface area (Å²) < 4.78 is 5.22. The van der Waals surface area contributed by atoms with E-state index in [1.165, 1.54) is 43.2 Å². The van der Waals surface area contributed by atoms with Gasteiger partial charge in [0, 0.05) is 0 Å². The first-order chi connectivity index (χ1) is 9.19. The molecule has 0 spiro atoms. The first kappa shape index (κ1) is 12.6. The van der Waals surface area contributed by atoms with Crippen LogP contribution >= 0.6 is 0 Å². The number of aromatic hydroxyl groups is 1. The fourth-order valence-electron chi connectivity index (χ4n) is 3.93. The van der Waals surface area contributed by atoms with Gasteiger partial charge in [0.2, 0.25) is 0 Å². The van der Waals surface area contributed by atoms with E-state index in [-0.39, 0.29) is 5.75 Å². The van der Waals surface area contributed by atoms with E-state index in [0.717, 1.165) is 11.8 Å². The van der Waals surface area contributed by atoms with Crippen molar-refractivity contribution in [3.05, 3.63) is 35.9 Å². The Bertz CT molecular complexity index is 492. The number of phenols is 1. The molecule has 3 rings (SSSR count). The van der Waals surface area contributed by atoms with E-state index < -0.39 is 0 Å². The zero-order chi connectivity index (χ0) is 13.4. The Morgan fingerprint density at radius 2 is 2.11 bits per heavy atom. The smallest absolute Gasteiger partial charge is 0.160 e. The zero-order valence-electron chi connectivity index (χ0n) is 11.6. The maximum atomic E-state index is 9.68. The van der Waals surface area contributed by atoms with Crippen LogP contribution in [0.2, 0.25) is 0 Å². The second kappa shape index (κ2) is 4.92. The minimum absolute atomic E-state index is 0.231. The molecule has 0 saturated heterocycles. The first-order valence-corrected chi connectivity index (χ1v) is 7.23. The van der Waals surface area contributed by atoms with Crippen molar-refractivity contribution in [1.29, 1.82) is 0 Å². The molecule has 102 valence electrons. The average molecular weight is 258 g/mol. The summed E-state index contributed by atoms with van der Waals surface area (Å²) in [6, 6.07) is 5.81. The molecule has 0 heterocycles. The van der Waals surface area contributed by atoms with Crippen molar-refractivity contribution in [2.24, 2.45) is 11.8 Å². The summed E-state index contributed by atoms with van der Waals surface area (Å²) in [6.07, 6.45) is 6.30. The SMILES string of the molecule is C=C1CCC2CC(c3ccc(O)c(OC)c3)CCC12. The molecule has 1 aromatic carbocycles. The van der Waals surface area contributed by atoms with Crippen LogP contribution in [0.15, 0.2) is 30.4 Å². The Morgan fingerprint density at radius 3 is 2.89 bits per heavy atom. The van der Waals surface area contributed by atoms with E-state index in [9.17, 15) is 5.11 Å². The highest BCUT2D eigenvalue weighted by molar-refractivity contribution is 5.43. The van der Waals surface area contributed by atoms with E-state index in [0.29, 0.717) is 11.7 Å². The quantitative estimate of drug-likeness (QED) is 0.803. The molecular weight excluding hydrogens is 236 g/mol. The molecule has 2 fully saturated rings. The van der Waals surface area contributed by atoms with Gasteiger partial charge in [-0.25, -0.2) is 0 Å². The third-order valence-corrected chi connectivity index (χ3v) is 5.02. The van der Waals surface area contributed by atoms with E-state index >= 15 is 0 Å². The van der Waals surface area contributed by atoms with Gasteiger partial charge in [-0.2, -0.15) is 0 Å². The van der Waals surface area contributed by atoms with Crippen molar-refractivity contribution in [2.45, 2.75) is 38.0 Å². The molecular formula is C17H22O2. The molecule has 3 unspecified atom stereocenters. The van der Waals surface area contributed by atoms with Gasteiger partial charge in [0.05, 0.1) is 7.11 Å². The highest BCUT2D eigenvalue weighted by Crippen LogP contribution is 2.49. The van der Waals surface area contributed by atoms with Gasteiger partial charge < -0.3 is 9.84 Å². The number of rotatable bonds is 2. The first-order valence-electron chi connectivity index (χ1n) is 7.23. The molecule has 1 N–H and O–H groups in total. The van der Waals surface area contributed by atoms with E-state index in [1.807, 2.05) is 12.1 Å². The maximum absolute atomic E-state index is 9.68. The molecule has 2 saturated carbocycles. The lowest BCUT2D eigenvalue weighted by molar-refractivity contribution is 0.272. The van der Waals surface area contributed by atoms with Gasteiger partial charge >= 0.3 is 0 Å². The summed E-state index contributed by atoms with van der Waals surface area (Å²) in [5.74, 6) is 3.03. The third kappa shape index (κ3) is 2.24. The van der Waals surface area contributed by atoms with Crippen LogP contribution in [-0.2, 0) is 0 Å². The van der Waals surface area contributed by atoms with Crippen molar-refractivity contribution in [2.75, 3.05) is 7.11 Å². The van der Waals surface area contributed by atoms with Crippen molar-refractivity contribution in [3.8, 4) is 11.5 Å². The Hall–Kier alpha value is -1.44. The molecule has 0 aromatic heterocycles. The van der Waals surface area contributed by atoms with Crippen LogP contribution in [0.25, 0.3) is 0 Å². The number of ether oxygens (including phenoxy) is 1. The van der Waals surface area contributed by atoms with Crippen LogP contribution in [-0.4, -0.2) is 12.2 Å². The van der Waals surface area contributed by atoms with Gasteiger partial charge in [0.15, 0.2) is 11.5 Å². The Balaban J connectivity index is 1.78. The summed E-state index contributed by atoms with van der Waals surface area (Å²) in [5.41, 5.74) is 2.79. The lowest BCUT2D eigenvalue weighted by Crippen LogP contribution is -2.20. The molecule has 0 radical (unpaired) electrons. The standard InChI is InChI=1S/C17H22O2/c1-11-3-4-14-9-12(5-7-15(11)14)13-6-8-16(18)17(10-13)19-2/h6,8,10,12,14-15,18H,1,3-5,7,9H2,2H3. The van der Waals surface area contributed by atoms with Crippen LogP contribution in [0.1, 0.15) is 43.6 Å². The molecule has 1 aromatic rings. The fraction of sp³-hybridized carbons (Fsp3) is 0.529. The van der Waals surface area contributed by atoms with E-state index in [1.54, 1.807) is 13.2 Å². The molecule has 3 atom stereocenters. The van der Waals surface area contributed by atoms with Crippen molar-refractivity contribution < 1.29 is 9.84 Å². The van der Waals surface area contributed by atoms with Gasteiger partial charge in [-0.1, -0.05) is 18.2 Å². The Kier molecular flexibility index (Phi) is 3.26. The van der Waals surface area contributed by atoms with Gasteiger partial charge in [0.1, 0.15) is 0 Å². The normalized spacial score (nSPS) is 30.2. The zero-order valence-corrected chi connectivity index (χ0v) is 11.6. The summed E-state index contributed by atoms with van der Waals surface area (Å²) in [4.78, 5) is 0. The van der Waals surface area contributed by atoms with Crippen LogP contribution in [0.4, 0.5) is 0 Å². The van der Waals surface area contributed by atoms with Crippen LogP contribution in [0.5, 0.6) is 11.5 Å². The topological polar surface area (TPSA) is 29.5 Å². The van der Waals surface area contributed by atoms with E-state index in [2.05, 4.69) is 6.58 Å². The van der Waals surface area contributed by atoms with E-state index in [4.69, 9.17) is 4.74 Å². The highest BCUT2D eigenvalue weighted by Gasteiger charge is 2.36. The summed E-state index contributed by atoms with van der Waals surface area (Å²) in [7, 11) is 1.61. The molecule has 2 aliphatic rings. The summed E-state index contributed by atoms with van der Waals surface area (Å²) in [5, 5.41) is 9.68. The van der Waals surface area contributed by atoms with Crippen molar-refractivity contribution >= 4 is 0 Å². The Labute approximate surface area is 115 Å².